The van der Waals surface area contributed by atoms with Crippen molar-refractivity contribution >= 4 is 11.7 Å². The summed E-state index contributed by atoms with van der Waals surface area (Å²) in [5.74, 6) is -0.825. The molecule has 0 amide bonds. The number of aliphatic hydroxyl groups is 1. The van der Waals surface area contributed by atoms with Crippen molar-refractivity contribution < 1.29 is 15.0 Å². The highest BCUT2D eigenvalue weighted by atomic mass is 16.4. The molecule has 0 heterocycles. The van der Waals surface area contributed by atoms with E-state index in [1.54, 1.807) is 0 Å². The van der Waals surface area contributed by atoms with Gasteiger partial charge in [-0.1, -0.05) is 18.2 Å². The molecule has 0 aliphatic carbocycles. The molecule has 1 rings (SSSR count). The fourth-order valence-corrected chi connectivity index (χ4v) is 1.36. The second-order valence-corrected chi connectivity index (χ2v) is 3.19. The average molecular weight is 209 g/mol. The number of nitrogens with zero attached hydrogens (tertiary/aromatic N) is 1. The molecule has 0 unspecified atom stereocenters. The Hall–Kier alpha value is -1.55. The Morgan fingerprint density at radius 1 is 1.20 bits per heavy atom. The zero-order valence-corrected chi connectivity index (χ0v) is 8.47. The van der Waals surface area contributed by atoms with Gasteiger partial charge < -0.3 is 15.1 Å². The monoisotopic (exact) mass is 209 g/mol. The third-order valence-electron chi connectivity index (χ3n) is 2.09. The fourth-order valence-electron chi connectivity index (χ4n) is 1.36. The van der Waals surface area contributed by atoms with Gasteiger partial charge in [-0.2, -0.15) is 0 Å². The number of benzene rings is 1. The lowest BCUT2D eigenvalue weighted by Crippen LogP contribution is -2.29. The summed E-state index contributed by atoms with van der Waals surface area (Å²) in [7, 11) is 0. The lowest BCUT2D eigenvalue weighted by molar-refractivity contribution is -0.136. The predicted molar refractivity (Wildman–Crippen MR) is 58.0 cm³/mol. The SMILES string of the molecule is O=C(O)CCN(CCO)c1ccccc1. The fraction of sp³-hybridized carbons (Fsp3) is 0.364. The lowest BCUT2D eigenvalue weighted by atomic mass is 10.2. The molecule has 1 aromatic carbocycles. The van der Waals surface area contributed by atoms with E-state index < -0.39 is 5.97 Å². The van der Waals surface area contributed by atoms with Crippen molar-refractivity contribution in [1.29, 1.82) is 0 Å². The molecular formula is C11H15NO3. The van der Waals surface area contributed by atoms with Gasteiger partial charge in [0.05, 0.1) is 13.0 Å². The first-order valence-electron chi connectivity index (χ1n) is 4.86. The molecule has 4 nitrogen and oxygen atoms in total. The summed E-state index contributed by atoms with van der Waals surface area (Å²) in [5.41, 5.74) is 0.938. The number of hydrogen-bond donors (Lipinski definition) is 2. The smallest absolute Gasteiger partial charge is 0.305 e. The summed E-state index contributed by atoms with van der Waals surface area (Å²) < 4.78 is 0. The van der Waals surface area contributed by atoms with E-state index in [-0.39, 0.29) is 13.0 Å². The molecule has 0 atom stereocenters. The van der Waals surface area contributed by atoms with Crippen molar-refractivity contribution in [2.75, 3.05) is 24.6 Å². The predicted octanol–water partition coefficient (Wildman–Crippen LogP) is 0.960. The molecule has 2 N–H and O–H groups in total. The third-order valence-corrected chi connectivity index (χ3v) is 2.09. The van der Waals surface area contributed by atoms with Crippen LogP contribution in [-0.4, -0.2) is 35.9 Å². The second kappa shape index (κ2) is 6.03. The van der Waals surface area contributed by atoms with Crippen LogP contribution in [0.5, 0.6) is 0 Å². The van der Waals surface area contributed by atoms with Crippen LogP contribution in [0.15, 0.2) is 30.3 Å². The van der Waals surface area contributed by atoms with Crippen molar-refractivity contribution in [3.8, 4) is 0 Å². The van der Waals surface area contributed by atoms with Crippen LogP contribution in [0.25, 0.3) is 0 Å². The zero-order valence-electron chi connectivity index (χ0n) is 8.47. The van der Waals surface area contributed by atoms with Gasteiger partial charge in [0.1, 0.15) is 0 Å². The lowest BCUT2D eigenvalue weighted by Gasteiger charge is -2.22. The summed E-state index contributed by atoms with van der Waals surface area (Å²) >= 11 is 0. The largest absolute Gasteiger partial charge is 0.481 e. The number of anilines is 1. The van der Waals surface area contributed by atoms with E-state index in [4.69, 9.17) is 10.2 Å². The van der Waals surface area contributed by atoms with Crippen LogP contribution in [0.1, 0.15) is 6.42 Å². The highest BCUT2D eigenvalue weighted by molar-refractivity contribution is 5.67. The van der Waals surface area contributed by atoms with Crippen LogP contribution >= 0.6 is 0 Å². The molecular weight excluding hydrogens is 194 g/mol. The van der Waals surface area contributed by atoms with Crippen molar-refractivity contribution in [3.05, 3.63) is 30.3 Å². The van der Waals surface area contributed by atoms with Gasteiger partial charge in [-0.05, 0) is 12.1 Å². The standard InChI is InChI=1S/C11H15NO3/c13-9-8-12(7-6-11(14)15)10-4-2-1-3-5-10/h1-5,13H,6-9H2,(H,14,15). The minimum Gasteiger partial charge on any atom is -0.481 e. The Bertz CT molecular complexity index is 300. The Morgan fingerprint density at radius 2 is 1.87 bits per heavy atom. The maximum atomic E-state index is 10.5. The molecule has 82 valence electrons. The van der Waals surface area contributed by atoms with Crippen molar-refractivity contribution in [3.63, 3.8) is 0 Å². The number of rotatable bonds is 6. The molecule has 0 radical (unpaired) electrons. The van der Waals surface area contributed by atoms with Crippen molar-refractivity contribution in [1.82, 2.24) is 0 Å². The molecule has 0 aliphatic rings. The Morgan fingerprint density at radius 3 is 2.40 bits per heavy atom. The summed E-state index contributed by atoms with van der Waals surface area (Å²) in [5, 5.41) is 17.5. The normalized spacial score (nSPS) is 9.93. The summed E-state index contributed by atoms with van der Waals surface area (Å²) in [6.07, 6.45) is 0.0783. The number of carbonyl (C=O) groups is 1. The number of carboxylic acids is 1. The first-order valence-corrected chi connectivity index (χ1v) is 4.86. The van der Waals surface area contributed by atoms with Crippen molar-refractivity contribution in [2.45, 2.75) is 6.42 Å². The Labute approximate surface area is 88.8 Å². The Kier molecular flexibility index (Phi) is 4.63. The van der Waals surface area contributed by atoms with Gasteiger partial charge in [0, 0.05) is 18.8 Å². The summed E-state index contributed by atoms with van der Waals surface area (Å²) in [6.45, 7) is 0.895. The van der Waals surface area contributed by atoms with Crippen LogP contribution in [0.3, 0.4) is 0 Å². The van der Waals surface area contributed by atoms with E-state index in [0.717, 1.165) is 5.69 Å². The van der Waals surface area contributed by atoms with Gasteiger partial charge in [-0.3, -0.25) is 4.79 Å². The van der Waals surface area contributed by atoms with Gasteiger partial charge in [-0.15, -0.1) is 0 Å². The number of hydrogen-bond acceptors (Lipinski definition) is 3. The topological polar surface area (TPSA) is 60.8 Å². The molecule has 0 saturated heterocycles. The quantitative estimate of drug-likeness (QED) is 0.732. The van der Waals surface area contributed by atoms with Crippen LogP contribution in [0.4, 0.5) is 5.69 Å². The van der Waals surface area contributed by atoms with E-state index in [1.165, 1.54) is 0 Å². The minimum atomic E-state index is -0.825. The first kappa shape index (κ1) is 11.5. The third kappa shape index (κ3) is 3.99. The summed E-state index contributed by atoms with van der Waals surface area (Å²) in [4.78, 5) is 12.3. The van der Waals surface area contributed by atoms with Gasteiger partial charge in [0.15, 0.2) is 0 Å². The van der Waals surface area contributed by atoms with E-state index in [1.807, 2.05) is 35.2 Å². The van der Waals surface area contributed by atoms with Crippen LogP contribution in [0, 0.1) is 0 Å². The molecule has 1 aromatic rings. The van der Waals surface area contributed by atoms with Crippen LogP contribution < -0.4 is 4.90 Å². The molecule has 0 bridgehead atoms. The van der Waals surface area contributed by atoms with Gasteiger partial charge in [0.25, 0.3) is 0 Å². The second-order valence-electron chi connectivity index (χ2n) is 3.19. The van der Waals surface area contributed by atoms with Crippen LogP contribution in [-0.2, 0) is 4.79 Å². The molecule has 0 saturated carbocycles. The molecule has 0 spiro atoms. The molecule has 4 heteroatoms. The molecule has 0 aliphatic heterocycles. The zero-order chi connectivity index (χ0) is 11.1. The van der Waals surface area contributed by atoms with Crippen molar-refractivity contribution in [2.24, 2.45) is 0 Å². The number of carboxylic acid groups (broad SMARTS) is 1. The first-order chi connectivity index (χ1) is 7.24. The van der Waals surface area contributed by atoms with Crippen LogP contribution in [0.2, 0.25) is 0 Å². The maximum absolute atomic E-state index is 10.5. The van der Waals surface area contributed by atoms with E-state index in [0.29, 0.717) is 13.1 Å². The molecule has 15 heavy (non-hydrogen) atoms. The van der Waals surface area contributed by atoms with E-state index in [9.17, 15) is 4.79 Å². The number of aliphatic carboxylic acids is 1. The molecule has 0 fully saturated rings. The number of aliphatic hydroxyl groups excluding tert-OH is 1. The number of para-hydroxylation sites is 1. The van der Waals surface area contributed by atoms with E-state index >= 15 is 0 Å². The average Bonchev–Trinajstić information content (AvgIpc) is 2.25. The molecule has 0 aromatic heterocycles. The minimum absolute atomic E-state index is 0.0223. The Balaban J connectivity index is 2.61. The van der Waals surface area contributed by atoms with E-state index in [2.05, 4.69) is 0 Å². The highest BCUT2D eigenvalue weighted by Gasteiger charge is 2.07. The van der Waals surface area contributed by atoms with Gasteiger partial charge >= 0.3 is 5.97 Å². The maximum Gasteiger partial charge on any atom is 0.305 e. The van der Waals surface area contributed by atoms with Gasteiger partial charge in [-0.25, -0.2) is 0 Å². The highest BCUT2D eigenvalue weighted by Crippen LogP contribution is 2.12. The summed E-state index contributed by atoms with van der Waals surface area (Å²) in [6, 6.07) is 9.48. The van der Waals surface area contributed by atoms with Gasteiger partial charge in [0.2, 0.25) is 0 Å².